The fourth-order valence-electron chi connectivity index (χ4n) is 4.15. The van der Waals surface area contributed by atoms with Gasteiger partial charge in [-0.2, -0.15) is 0 Å². The number of carbonyl (C=O) groups is 1. The fourth-order valence-corrected chi connectivity index (χ4v) is 4.15. The zero-order valence-corrected chi connectivity index (χ0v) is 15.3. The molecule has 0 atom stereocenters. The highest BCUT2D eigenvalue weighted by Crippen LogP contribution is 2.34. The van der Waals surface area contributed by atoms with Crippen molar-refractivity contribution in [3.8, 4) is 11.1 Å². The Bertz CT molecular complexity index is 1280. The van der Waals surface area contributed by atoms with Crippen LogP contribution in [-0.4, -0.2) is 5.97 Å². The van der Waals surface area contributed by atoms with Gasteiger partial charge < -0.3 is 4.74 Å². The lowest BCUT2D eigenvalue weighted by Gasteiger charge is -2.10. The summed E-state index contributed by atoms with van der Waals surface area (Å²) in [5.74, 6) is 0.0748. The largest absolute Gasteiger partial charge is 0.423 e. The Morgan fingerprint density at radius 3 is 2.64 bits per heavy atom. The summed E-state index contributed by atoms with van der Waals surface area (Å²) in [5.41, 5.74) is 7.29. The highest BCUT2D eigenvalue weighted by atomic mass is 16.5. The van der Waals surface area contributed by atoms with Crippen molar-refractivity contribution in [2.24, 2.45) is 0 Å². The number of hydrogen-bond donors (Lipinski definition) is 0. The molecule has 0 heterocycles. The van der Waals surface area contributed by atoms with E-state index in [9.17, 15) is 4.79 Å². The third-order valence-electron chi connectivity index (χ3n) is 5.40. The van der Waals surface area contributed by atoms with Crippen LogP contribution in [-0.2, 0) is 16.0 Å². The van der Waals surface area contributed by atoms with E-state index < -0.39 is 5.97 Å². The van der Waals surface area contributed by atoms with Gasteiger partial charge in [0.2, 0.25) is 0 Å². The molecule has 0 spiro atoms. The number of ether oxygens (including phenoxy) is 1. The van der Waals surface area contributed by atoms with Crippen molar-refractivity contribution in [1.29, 1.82) is 0 Å². The van der Waals surface area contributed by atoms with Crippen molar-refractivity contribution in [3.05, 3.63) is 118 Å². The van der Waals surface area contributed by atoms with Crippen LogP contribution in [0.2, 0.25) is 0 Å². The molecular weight excluding hydrogens is 344 g/mol. The van der Waals surface area contributed by atoms with E-state index in [2.05, 4.69) is 55.1 Å². The van der Waals surface area contributed by atoms with E-state index in [1.165, 1.54) is 33.5 Å². The molecule has 0 bridgehead atoms. The first-order chi connectivity index (χ1) is 13.8. The maximum absolute atomic E-state index is 11.8. The van der Waals surface area contributed by atoms with E-state index in [0.29, 0.717) is 5.76 Å². The molecule has 2 nitrogen and oxygen atoms in total. The van der Waals surface area contributed by atoms with Crippen molar-refractivity contribution >= 4 is 17.6 Å². The highest BCUT2D eigenvalue weighted by Gasteiger charge is 2.21. The normalized spacial score (nSPS) is 15.6. The molecule has 3 aliphatic rings. The zero-order chi connectivity index (χ0) is 19.1. The van der Waals surface area contributed by atoms with Crippen LogP contribution in [0.3, 0.4) is 0 Å². The summed E-state index contributed by atoms with van der Waals surface area (Å²) < 4.78 is 5.51. The number of esters is 1. The molecule has 0 saturated heterocycles. The van der Waals surface area contributed by atoms with Crippen molar-refractivity contribution < 1.29 is 9.53 Å². The van der Waals surface area contributed by atoms with Crippen LogP contribution in [0.1, 0.15) is 11.1 Å². The van der Waals surface area contributed by atoms with Crippen molar-refractivity contribution in [3.63, 3.8) is 0 Å². The molecule has 0 unspecified atom stereocenters. The molecule has 0 aliphatic heterocycles. The minimum absolute atomic E-state index is 0.459. The molecule has 5 rings (SSSR count). The second kappa shape index (κ2) is 6.50. The average molecular weight is 362 g/mol. The SMILES string of the molecule is C=CC(=O)OC1=C2C=CC=c3c4c(ccc3=C2C=CC=C1)-c1ccccc1C4. The van der Waals surface area contributed by atoms with Crippen LogP contribution >= 0.6 is 0 Å². The van der Waals surface area contributed by atoms with Gasteiger partial charge in [-0.15, -0.1) is 0 Å². The van der Waals surface area contributed by atoms with Gasteiger partial charge in [0.1, 0.15) is 5.76 Å². The molecule has 0 N–H and O–H groups in total. The summed E-state index contributed by atoms with van der Waals surface area (Å²) in [6, 6.07) is 13.0. The highest BCUT2D eigenvalue weighted by molar-refractivity contribution is 5.86. The minimum atomic E-state index is -0.459. The monoisotopic (exact) mass is 362 g/mol. The third-order valence-corrected chi connectivity index (χ3v) is 5.40. The van der Waals surface area contributed by atoms with Crippen LogP contribution in [0.25, 0.3) is 22.8 Å². The van der Waals surface area contributed by atoms with Crippen LogP contribution < -0.4 is 10.4 Å². The second-order valence-electron chi connectivity index (χ2n) is 6.95. The Balaban J connectivity index is 1.79. The molecular formula is C26H18O2. The van der Waals surface area contributed by atoms with Gasteiger partial charge in [0.05, 0.1) is 0 Å². The van der Waals surface area contributed by atoms with Crippen molar-refractivity contribution in [2.75, 3.05) is 0 Å². The number of fused-ring (bicyclic) bond motifs is 6. The van der Waals surface area contributed by atoms with Gasteiger partial charge in [0.25, 0.3) is 0 Å². The molecule has 0 radical (unpaired) electrons. The van der Waals surface area contributed by atoms with E-state index in [4.69, 9.17) is 4.74 Å². The van der Waals surface area contributed by atoms with Crippen LogP contribution in [0.5, 0.6) is 0 Å². The number of allylic oxidation sites excluding steroid dienone is 7. The first-order valence-corrected chi connectivity index (χ1v) is 9.33. The van der Waals surface area contributed by atoms with Gasteiger partial charge in [-0.05, 0) is 50.8 Å². The van der Waals surface area contributed by atoms with Crippen molar-refractivity contribution in [2.45, 2.75) is 6.42 Å². The number of benzene rings is 2. The van der Waals surface area contributed by atoms with Gasteiger partial charge in [0.15, 0.2) is 0 Å². The lowest BCUT2D eigenvalue weighted by molar-refractivity contribution is -0.133. The van der Waals surface area contributed by atoms with Crippen LogP contribution in [0.4, 0.5) is 0 Å². The molecule has 2 heteroatoms. The maximum atomic E-state index is 11.8. The standard InChI is InChI=1S/C26H18O2/c1-2-26(27)28-25-13-6-5-10-19-22-15-14-21-18-9-4-3-8-17(18)16-24(21)20(22)11-7-12-23(19)25/h2-15H,1,16H2. The lowest BCUT2D eigenvalue weighted by Crippen LogP contribution is -2.30. The second-order valence-corrected chi connectivity index (χ2v) is 6.95. The van der Waals surface area contributed by atoms with Crippen LogP contribution in [0, 0.1) is 0 Å². The smallest absolute Gasteiger partial charge is 0.335 e. The molecule has 2 aromatic carbocycles. The van der Waals surface area contributed by atoms with E-state index in [1.807, 2.05) is 30.4 Å². The van der Waals surface area contributed by atoms with Gasteiger partial charge >= 0.3 is 5.97 Å². The topological polar surface area (TPSA) is 26.3 Å². The number of rotatable bonds is 2. The summed E-state index contributed by atoms with van der Waals surface area (Å²) in [6.07, 6.45) is 16.1. The quantitative estimate of drug-likeness (QED) is 0.511. The predicted molar refractivity (Wildman–Crippen MR) is 113 cm³/mol. The Hall–Kier alpha value is -3.65. The molecule has 3 aliphatic carbocycles. The molecule has 134 valence electrons. The predicted octanol–water partition coefficient (Wildman–Crippen LogP) is 3.87. The molecule has 2 aromatic rings. The number of hydrogen-bond acceptors (Lipinski definition) is 2. The first-order valence-electron chi connectivity index (χ1n) is 9.33. The Kier molecular flexibility index (Phi) is 3.84. The summed E-state index contributed by atoms with van der Waals surface area (Å²) in [7, 11) is 0. The number of carbonyl (C=O) groups excluding carboxylic acids is 1. The minimum Gasteiger partial charge on any atom is -0.423 e. The molecule has 0 amide bonds. The summed E-state index contributed by atoms with van der Waals surface area (Å²) >= 11 is 0. The van der Waals surface area contributed by atoms with Crippen LogP contribution in [0.15, 0.2) is 96.8 Å². The van der Waals surface area contributed by atoms with E-state index >= 15 is 0 Å². The van der Waals surface area contributed by atoms with Gasteiger partial charge in [-0.3, -0.25) is 0 Å². The summed E-state index contributed by atoms with van der Waals surface area (Å²) in [5, 5.41) is 2.38. The van der Waals surface area contributed by atoms with Crippen molar-refractivity contribution in [1.82, 2.24) is 0 Å². The molecule has 0 fully saturated rings. The summed E-state index contributed by atoms with van der Waals surface area (Å²) in [6.45, 7) is 3.50. The van der Waals surface area contributed by atoms with Gasteiger partial charge in [-0.1, -0.05) is 79.4 Å². The van der Waals surface area contributed by atoms with E-state index in [0.717, 1.165) is 22.8 Å². The average Bonchev–Trinajstić information content (AvgIpc) is 2.85. The summed E-state index contributed by atoms with van der Waals surface area (Å²) in [4.78, 5) is 11.8. The fraction of sp³-hybridized carbons (Fsp3) is 0.0385. The lowest BCUT2D eigenvalue weighted by atomic mass is 9.97. The van der Waals surface area contributed by atoms with Gasteiger partial charge in [0, 0.05) is 11.6 Å². The molecule has 0 saturated carbocycles. The Labute approximate surface area is 163 Å². The van der Waals surface area contributed by atoms with E-state index in [1.54, 1.807) is 0 Å². The zero-order valence-electron chi connectivity index (χ0n) is 15.3. The van der Waals surface area contributed by atoms with E-state index in [-0.39, 0.29) is 0 Å². The molecule has 0 aromatic heterocycles. The Morgan fingerprint density at radius 2 is 1.75 bits per heavy atom. The third kappa shape index (κ3) is 2.54. The molecule has 28 heavy (non-hydrogen) atoms. The van der Waals surface area contributed by atoms with Gasteiger partial charge in [-0.25, -0.2) is 4.79 Å². The Morgan fingerprint density at radius 1 is 0.929 bits per heavy atom. The first kappa shape index (κ1) is 16.5. The maximum Gasteiger partial charge on any atom is 0.335 e.